The molecule has 0 aromatic heterocycles. The fourth-order valence-corrected chi connectivity index (χ4v) is 4.00. The Bertz CT molecular complexity index is 1010. The Balaban J connectivity index is 2.12. The van der Waals surface area contributed by atoms with Crippen molar-refractivity contribution in [2.75, 3.05) is 27.4 Å². The summed E-state index contributed by atoms with van der Waals surface area (Å²) >= 11 is 0. The lowest BCUT2D eigenvalue weighted by Crippen LogP contribution is -2.12. The molecule has 0 spiro atoms. The van der Waals surface area contributed by atoms with Crippen molar-refractivity contribution in [3.8, 4) is 23.0 Å². The molecule has 2 aromatic rings. The Hall–Kier alpha value is -2.87. The van der Waals surface area contributed by atoms with E-state index in [-0.39, 0.29) is 10.7 Å². The molecule has 0 N–H and O–H groups in total. The molecule has 1 aliphatic heterocycles. The molecule has 0 radical (unpaired) electrons. The van der Waals surface area contributed by atoms with E-state index in [1.54, 1.807) is 30.3 Å². The van der Waals surface area contributed by atoms with E-state index in [1.807, 2.05) is 13.8 Å². The summed E-state index contributed by atoms with van der Waals surface area (Å²) in [6.45, 7) is 4.67. The third-order valence-electron chi connectivity index (χ3n) is 4.10. The summed E-state index contributed by atoms with van der Waals surface area (Å²) in [6.07, 6.45) is 1.64. The van der Waals surface area contributed by atoms with E-state index in [2.05, 4.69) is 0 Å². The standard InChI is InChI=1S/C20H22O7S/c1-5-25-15-8-7-13(9-19(15)26-6-2)16-10-14-11-17(23-3)18(24-4)12-20(14)28(21,22)27-16/h7-12H,5-6H2,1-4H3. The SMILES string of the molecule is CCOc1ccc(C2=Cc3cc(OC)c(OC)cc3S(=O)(=O)O2)cc1OCC. The first-order valence-corrected chi connectivity index (χ1v) is 10.2. The van der Waals surface area contributed by atoms with Gasteiger partial charge in [-0.3, -0.25) is 0 Å². The van der Waals surface area contributed by atoms with Gasteiger partial charge in [0.2, 0.25) is 0 Å². The van der Waals surface area contributed by atoms with Crippen LogP contribution in [0.1, 0.15) is 25.0 Å². The Kier molecular flexibility index (Phi) is 5.69. The molecular formula is C20H22O7S. The van der Waals surface area contributed by atoms with Crippen LogP contribution in [0.2, 0.25) is 0 Å². The fourth-order valence-electron chi connectivity index (χ4n) is 2.87. The second kappa shape index (κ2) is 8.02. The molecule has 1 heterocycles. The number of hydrogen-bond donors (Lipinski definition) is 0. The molecule has 0 saturated carbocycles. The van der Waals surface area contributed by atoms with E-state index in [9.17, 15) is 8.42 Å². The fraction of sp³-hybridized carbons (Fsp3) is 0.300. The van der Waals surface area contributed by atoms with Crippen molar-refractivity contribution in [1.82, 2.24) is 0 Å². The average molecular weight is 406 g/mol. The predicted molar refractivity (Wildman–Crippen MR) is 104 cm³/mol. The molecule has 0 amide bonds. The van der Waals surface area contributed by atoms with Gasteiger partial charge in [-0.05, 0) is 44.2 Å². The maximum atomic E-state index is 12.7. The van der Waals surface area contributed by atoms with Crippen LogP contribution in [0, 0.1) is 0 Å². The molecule has 0 saturated heterocycles. The number of ether oxygens (including phenoxy) is 4. The molecule has 28 heavy (non-hydrogen) atoms. The Morgan fingerprint density at radius 3 is 2.14 bits per heavy atom. The van der Waals surface area contributed by atoms with E-state index in [0.717, 1.165) is 0 Å². The third-order valence-corrected chi connectivity index (χ3v) is 5.39. The number of hydrogen-bond acceptors (Lipinski definition) is 7. The first-order chi connectivity index (χ1) is 13.4. The van der Waals surface area contributed by atoms with Gasteiger partial charge in [0.25, 0.3) is 0 Å². The topological polar surface area (TPSA) is 80.3 Å². The van der Waals surface area contributed by atoms with Crippen LogP contribution in [0.25, 0.3) is 11.8 Å². The molecule has 3 rings (SSSR count). The smallest absolute Gasteiger partial charge is 0.339 e. The number of methoxy groups -OCH3 is 2. The zero-order valence-electron chi connectivity index (χ0n) is 16.1. The second-order valence-corrected chi connectivity index (χ2v) is 7.33. The summed E-state index contributed by atoms with van der Waals surface area (Å²) in [5.74, 6) is 2.02. The van der Waals surface area contributed by atoms with E-state index in [0.29, 0.717) is 47.3 Å². The first kappa shape index (κ1) is 19.9. The average Bonchev–Trinajstić information content (AvgIpc) is 2.68. The van der Waals surface area contributed by atoms with Crippen molar-refractivity contribution < 1.29 is 31.5 Å². The number of rotatable bonds is 7. The van der Waals surface area contributed by atoms with E-state index in [1.165, 1.54) is 20.3 Å². The lowest BCUT2D eigenvalue weighted by molar-refractivity contribution is 0.287. The molecule has 2 aromatic carbocycles. The van der Waals surface area contributed by atoms with Gasteiger partial charge in [0, 0.05) is 17.2 Å². The highest BCUT2D eigenvalue weighted by Gasteiger charge is 2.29. The maximum Gasteiger partial charge on any atom is 0.339 e. The molecule has 0 aliphatic carbocycles. The lowest BCUT2D eigenvalue weighted by atomic mass is 10.1. The molecule has 0 bridgehead atoms. The van der Waals surface area contributed by atoms with Gasteiger partial charge in [0.15, 0.2) is 28.8 Å². The van der Waals surface area contributed by atoms with Crippen LogP contribution >= 0.6 is 0 Å². The number of benzene rings is 2. The van der Waals surface area contributed by atoms with Crippen molar-refractivity contribution in [3.63, 3.8) is 0 Å². The van der Waals surface area contributed by atoms with Crippen LogP contribution in [0.5, 0.6) is 23.0 Å². The van der Waals surface area contributed by atoms with Gasteiger partial charge in [-0.25, -0.2) is 0 Å². The minimum Gasteiger partial charge on any atom is -0.493 e. The van der Waals surface area contributed by atoms with Crippen LogP contribution in [0.15, 0.2) is 35.2 Å². The van der Waals surface area contributed by atoms with Gasteiger partial charge < -0.3 is 23.1 Å². The van der Waals surface area contributed by atoms with Crippen LogP contribution in [-0.2, 0) is 14.3 Å². The summed E-state index contributed by atoms with van der Waals surface area (Å²) in [7, 11) is -1.09. The molecule has 1 aliphatic rings. The summed E-state index contributed by atoms with van der Waals surface area (Å²) in [5.41, 5.74) is 1.00. The quantitative estimate of drug-likeness (QED) is 0.648. The van der Waals surface area contributed by atoms with Crippen LogP contribution in [0.4, 0.5) is 0 Å². The Morgan fingerprint density at radius 1 is 0.857 bits per heavy atom. The monoisotopic (exact) mass is 406 g/mol. The normalized spacial score (nSPS) is 14.4. The van der Waals surface area contributed by atoms with Gasteiger partial charge in [-0.1, -0.05) is 0 Å². The lowest BCUT2D eigenvalue weighted by Gasteiger charge is -2.20. The Labute approximate surface area is 164 Å². The van der Waals surface area contributed by atoms with Crippen molar-refractivity contribution >= 4 is 22.0 Å². The molecule has 0 unspecified atom stereocenters. The zero-order chi connectivity index (χ0) is 20.3. The minimum absolute atomic E-state index is 0.0184. The highest BCUT2D eigenvalue weighted by Crippen LogP contribution is 2.41. The van der Waals surface area contributed by atoms with Crippen LogP contribution in [-0.4, -0.2) is 35.9 Å². The molecule has 0 atom stereocenters. The minimum atomic E-state index is -4.02. The molecule has 150 valence electrons. The van der Waals surface area contributed by atoms with Gasteiger partial charge >= 0.3 is 10.1 Å². The summed E-state index contributed by atoms with van der Waals surface area (Å²) in [6, 6.07) is 8.14. The zero-order valence-corrected chi connectivity index (χ0v) is 17.0. The summed E-state index contributed by atoms with van der Waals surface area (Å²) in [4.78, 5) is 0.0184. The van der Waals surface area contributed by atoms with Crippen molar-refractivity contribution in [2.24, 2.45) is 0 Å². The van der Waals surface area contributed by atoms with Gasteiger partial charge in [0.1, 0.15) is 4.90 Å². The maximum absolute atomic E-state index is 12.7. The van der Waals surface area contributed by atoms with Crippen LogP contribution < -0.4 is 18.9 Å². The molecule has 7 nitrogen and oxygen atoms in total. The van der Waals surface area contributed by atoms with Crippen molar-refractivity contribution in [1.29, 1.82) is 0 Å². The van der Waals surface area contributed by atoms with E-state index < -0.39 is 10.1 Å². The molecule has 0 fully saturated rings. The number of fused-ring (bicyclic) bond motifs is 1. The van der Waals surface area contributed by atoms with Crippen molar-refractivity contribution in [2.45, 2.75) is 18.7 Å². The predicted octanol–water partition coefficient (Wildman–Crippen LogP) is 3.72. The van der Waals surface area contributed by atoms with E-state index >= 15 is 0 Å². The second-order valence-electron chi connectivity index (χ2n) is 5.82. The van der Waals surface area contributed by atoms with Crippen molar-refractivity contribution in [3.05, 3.63) is 41.5 Å². The Morgan fingerprint density at radius 2 is 1.50 bits per heavy atom. The summed E-state index contributed by atoms with van der Waals surface area (Å²) in [5, 5.41) is 0. The summed E-state index contributed by atoms with van der Waals surface area (Å²) < 4.78 is 52.3. The van der Waals surface area contributed by atoms with Crippen LogP contribution in [0.3, 0.4) is 0 Å². The highest BCUT2D eigenvalue weighted by molar-refractivity contribution is 7.87. The molecule has 8 heteroatoms. The third kappa shape index (κ3) is 3.73. The largest absolute Gasteiger partial charge is 0.493 e. The van der Waals surface area contributed by atoms with Gasteiger partial charge in [-0.2, -0.15) is 8.42 Å². The van der Waals surface area contributed by atoms with Gasteiger partial charge in [0.05, 0.1) is 27.4 Å². The first-order valence-electron chi connectivity index (χ1n) is 8.75. The van der Waals surface area contributed by atoms with Gasteiger partial charge in [-0.15, -0.1) is 0 Å². The molecular weight excluding hydrogens is 384 g/mol. The highest BCUT2D eigenvalue weighted by atomic mass is 32.2. The van der Waals surface area contributed by atoms with E-state index in [4.69, 9.17) is 23.1 Å².